The highest BCUT2D eigenvalue weighted by Crippen LogP contribution is 2.53. The van der Waals surface area contributed by atoms with Gasteiger partial charge >= 0.3 is 5.97 Å². The first kappa shape index (κ1) is 14.2. The van der Waals surface area contributed by atoms with Gasteiger partial charge in [0.05, 0.1) is 24.7 Å². The van der Waals surface area contributed by atoms with Crippen molar-refractivity contribution >= 4 is 11.9 Å². The summed E-state index contributed by atoms with van der Waals surface area (Å²) in [5, 5.41) is 0. The van der Waals surface area contributed by atoms with Gasteiger partial charge in [-0.05, 0) is 26.7 Å². The van der Waals surface area contributed by atoms with Crippen molar-refractivity contribution in [2.75, 3.05) is 6.54 Å². The molecular weight excluding hydrogens is 282 g/mol. The minimum Gasteiger partial charge on any atom is -0.463 e. The van der Waals surface area contributed by atoms with Crippen molar-refractivity contribution in [2.45, 2.75) is 63.4 Å². The highest BCUT2D eigenvalue weighted by Gasteiger charge is 2.68. The Kier molecular flexibility index (Phi) is 3.12. The quantitative estimate of drug-likeness (QED) is 0.588. The molecule has 5 nitrogen and oxygen atoms in total. The van der Waals surface area contributed by atoms with Gasteiger partial charge in [-0.1, -0.05) is 25.0 Å². The van der Waals surface area contributed by atoms with E-state index in [2.05, 4.69) is 0 Å². The second kappa shape index (κ2) is 4.82. The van der Waals surface area contributed by atoms with Crippen molar-refractivity contribution < 1.29 is 19.1 Å². The van der Waals surface area contributed by atoms with Gasteiger partial charge in [-0.25, -0.2) is 0 Å². The number of nitrogens with zero attached hydrogens (tertiary/aromatic N) is 1. The number of hydrogen-bond donors (Lipinski definition) is 0. The molecule has 120 valence electrons. The second-order valence-electron chi connectivity index (χ2n) is 7.29. The maximum atomic E-state index is 13.0. The molecule has 1 amide bonds. The van der Waals surface area contributed by atoms with Gasteiger partial charge < -0.3 is 14.4 Å². The fourth-order valence-electron chi connectivity index (χ4n) is 4.63. The zero-order valence-electron chi connectivity index (χ0n) is 13.2. The summed E-state index contributed by atoms with van der Waals surface area (Å²) in [4.78, 5) is 27.4. The molecule has 0 aromatic heterocycles. The van der Waals surface area contributed by atoms with E-state index in [0.29, 0.717) is 12.6 Å². The smallest absolute Gasteiger partial charge is 0.313 e. The molecule has 0 N–H and O–H groups in total. The Morgan fingerprint density at radius 1 is 1.41 bits per heavy atom. The van der Waals surface area contributed by atoms with Crippen LogP contribution in [0.25, 0.3) is 0 Å². The molecule has 1 spiro atoms. The van der Waals surface area contributed by atoms with Gasteiger partial charge in [0, 0.05) is 6.04 Å². The summed E-state index contributed by atoms with van der Waals surface area (Å²) in [5.74, 6) is -1.08. The Morgan fingerprint density at radius 3 is 2.82 bits per heavy atom. The van der Waals surface area contributed by atoms with Gasteiger partial charge in [0.2, 0.25) is 5.91 Å². The number of esters is 1. The summed E-state index contributed by atoms with van der Waals surface area (Å²) >= 11 is 0. The van der Waals surface area contributed by atoms with Crippen LogP contribution in [0.4, 0.5) is 0 Å². The monoisotopic (exact) mass is 305 g/mol. The predicted molar refractivity (Wildman–Crippen MR) is 78.9 cm³/mol. The summed E-state index contributed by atoms with van der Waals surface area (Å²) in [6.45, 7) is 4.26. The average molecular weight is 305 g/mol. The van der Waals surface area contributed by atoms with Crippen molar-refractivity contribution in [1.82, 2.24) is 4.90 Å². The third-order valence-corrected chi connectivity index (χ3v) is 5.52. The summed E-state index contributed by atoms with van der Waals surface area (Å²) in [6, 6.07) is 0.324. The average Bonchev–Trinajstić information content (AvgIpc) is 3.18. The van der Waals surface area contributed by atoms with E-state index in [1.54, 1.807) is 0 Å². The lowest BCUT2D eigenvalue weighted by Gasteiger charge is -2.27. The second-order valence-corrected chi connectivity index (χ2v) is 7.29. The van der Waals surface area contributed by atoms with Crippen molar-refractivity contribution in [3.8, 4) is 0 Å². The van der Waals surface area contributed by atoms with Crippen molar-refractivity contribution in [2.24, 2.45) is 11.8 Å². The molecule has 4 unspecified atom stereocenters. The maximum Gasteiger partial charge on any atom is 0.313 e. The van der Waals surface area contributed by atoms with E-state index in [-0.39, 0.29) is 24.1 Å². The fraction of sp³-hybridized carbons (Fsp3) is 0.765. The summed E-state index contributed by atoms with van der Waals surface area (Å²) in [6.07, 6.45) is 7.99. The van der Waals surface area contributed by atoms with Crippen LogP contribution >= 0.6 is 0 Å². The van der Waals surface area contributed by atoms with Gasteiger partial charge in [-0.2, -0.15) is 0 Å². The molecule has 3 aliphatic heterocycles. The fourth-order valence-corrected chi connectivity index (χ4v) is 4.63. The van der Waals surface area contributed by atoms with E-state index in [4.69, 9.17) is 9.47 Å². The number of rotatable bonds is 3. The van der Waals surface area contributed by atoms with Gasteiger partial charge in [-0.3, -0.25) is 9.59 Å². The molecule has 2 bridgehead atoms. The van der Waals surface area contributed by atoms with Gasteiger partial charge in [0.1, 0.15) is 11.5 Å². The van der Waals surface area contributed by atoms with E-state index in [1.165, 1.54) is 12.8 Å². The Labute approximate surface area is 130 Å². The Balaban J connectivity index is 1.61. The van der Waals surface area contributed by atoms with Crippen LogP contribution in [0, 0.1) is 11.8 Å². The lowest BCUT2D eigenvalue weighted by atomic mass is 9.77. The number of ether oxygens (including phenoxy) is 2. The van der Waals surface area contributed by atoms with Gasteiger partial charge in [0.25, 0.3) is 0 Å². The number of likely N-dealkylation sites (tertiary alicyclic amines) is 1. The van der Waals surface area contributed by atoms with Crippen LogP contribution in [-0.4, -0.2) is 47.2 Å². The normalized spacial score (nSPS) is 40.0. The molecule has 0 aromatic rings. The summed E-state index contributed by atoms with van der Waals surface area (Å²) in [5.41, 5.74) is -0.592. The topological polar surface area (TPSA) is 55.8 Å². The molecule has 0 radical (unpaired) electrons. The van der Waals surface area contributed by atoms with Crippen molar-refractivity contribution in [3.63, 3.8) is 0 Å². The Hall–Kier alpha value is -1.36. The molecule has 22 heavy (non-hydrogen) atoms. The predicted octanol–water partition coefficient (Wildman–Crippen LogP) is 1.66. The van der Waals surface area contributed by atoms with Gasteiger partial charge in [0.15, 0.2) is 0 Å². The highest BCUT2D eigenvalue weighted by atomic mass is 16.6. The molecule has 4 rings (SSSR count). The van der Waals surface area contributed by atoms with Crippen molar-refractivity contribution in [1.29, 1.82) is 0 Å². The van der Waals surface area contributed by atoms with E-state index in [0.717, 1.165) is 12.8 Å². The van der Waals surface area contributed by atoms with Crippen LogP contribution in [0.1, 0.15) is 39.5 Å². The summed E-state index contributed by atoms with van der Waals surface area (Å²) in [7, 11) is 0. The first-order valence-corrected chi connectivity index (χ1v) is 8.40. The van der Waals surface area contributed by atoms with Gasteiger partial charge in [-0.15, -0.1) is 0 Å². The standard InChI is InChI=1S/C17H23NO4/c1-10(2)21-16(20)13-12-7-8-17(22-12)9-18(15(19)14(13)17)11-5-3-4-6-11/h7-8,10-14H,3-6,9H2,1-2H3. The molecule has 1 saturated carbocycles. The molecule has 3 heterocycles. The van der Waals surface area contributed by atoms with Crippen molar-refractivity contribution in [3.05, 3.63) is 12.2 Å². The van der Waals surface area contributed by atoms with E-state index in [9.17, 15) is 9.59 Å². The third-order valence-electron chi connectivity index (χ3n) is 5.52. The van der Waals surface area contributed by atoms with E-state index < -0.39 is 17.4 Å². The molecule has 3 fully saturated rings. The van der Waals surface area contributed by atoms with E-state index >= 15 is 0 Å². The maximum absolute atomic E-state index is 13.0. The number of amides is 1. The zero-order chi connectivity index (χ0) is 15.5. The molecular formula is C17H23NO4. The van der Waals surface area contributed by atoms with Crippen LogP contribution in [-0.2, 0) is 19.1 Å². The third kappa shape index (κ3) is 1.87. The van der Waals surface area contributed by atoms with Crippen LogP contribution in [0.2, 0.25) is 0 Å². The largest absolute Gasteiger partial charge is 0.463 e. The minimum atomic E-state index is -0.592. The first-order chi connectivity index (χ1) is 10.5. The highest BCUT2D eigenvalue weighted by molar-refractivity contribution is 5.91. The van der Waals surface area contributed by atoms with Crippen LogP contribution in [0.15, 0.2) is 12.2 Å². The molecule has 4 atom stereocenters. The minimum absolute atomic E-state index is 0.0875. The molecule has 5 heteroatoms. The number of carbonyl (C=O) groups excluding carboxylic acids is 2. The van der Waals surface area contributed by atoms with Crippen LogP contribution in [0.5, 0.6) is 0 Å². The zero-order valence-corrected chi connectivity index (χ0v) is 13.2. The Morgan fingerprint density at radius 2 is 2.14 bits per heavy atom. The molecule has 0 aromatic carbocycles. The molecule has 1 aliphatic carbocycles. The number of carbonyl (C=O) groups is 2. The Bertz CT molecular complexity index is 537. The SMILES string of the molecule is CC(C)OC(=O)C1C2C=CC3(CN(C4CCCC4)C(=O)C13)O2. The summed E-state index contributed by atoms with van der Waals surface area (Å²) < 4.78 is 11.5. The number of fused-ring (bicyclic) bond motifs is 1. The molecule has 4 aliphatic rings. The lowest BCUT2D eigenvalue weighted by Crippen LogP contribution is -2.41. The van der Waals surface area contributed by atoms with E-state index in [1.807, 2.05) is 30.9 Å². The van der Waals surface area contributed by atoms with Crippen LogP contribution in [0.3, 0.4) is 0 Å². The van der Waals surface area contributed by atoms with Crippen LogP contribution < -0.4 is 0 Å². The molecule has 2 saturated heterocycles. The number of hydrogen-bond acceptors (Lipinski definition) is 4. The lowest BCUT2D eigenvalue weighted by molar-refractivity contribution is -0.157. The first-order valence-electron chi connectivity index (χ1n) is 8.40.